The molecule has 7 heteroatoms. The Kier molecular flexibility index (Phi) is 6.64. The van der Waals surface area contributed by atoms with Crippen molar-refractivity contribution in [1.82, 2.24) is 0 Å². The number of benzene rings is 2. The maximum absolute atomic E-state index is 12.7. The van der Waals surface area contributed by atoms with E-state index in [1.54, 1.807) is 31.3 Å². The van der Waals surface area contributed by atoms with Gasteiger partial charge in [-0.2, -0.15) is 0 Å². The van der Waals surface area contributed by atoms with E-state index in [1.165, 1.54) is 6.92 Å². The second kappa shape index (κ2) is 9.56. The van der Waals surface area contributed by atoms with Gasteiger partial charge in [0, 0.05) is 29.2 Å². The summed E-state index contributed by atoms with van der Waals surface area (Å²) in [6.07, 6.45) is 3.41. The fraction of sp³-hybridized carbons (Fsp3) is 0.174. The van der Waals surface area contributed by atoms with Crippen LogP contribution < -0.4 is 20.5 Å². The Hall–Kier alpha value is -3.87. The van der Waals surface area contributed by atoms with Crippen molar-refractivity contribution < 1.29 is 28.6 Å². The molecule has 0 bridgehead atoms. The standard InChI is InChI=1S/C23H21NO6/c1-3-28-23(27)22(21(26)14-29-15(2)25)18-10-7-11-20-19(18)12-17(13-24-20)30-16-8-5-4-6-9-16/h4-13,24H,3,14H2,1-2H3. The minimum atomic E-state index is -0.781. The zero-order valence-corrected chi connectivity index (χ0v) is 16.6. The van der Waals surface area contributed by atoms with Crippen molar-refractivity contribution in [3.63, 3.8) is 0 Å². The molecule has 7 nitrogen and oxygen atoms in total. The van der Waals surface area contributed by atoms with Gasteiger partial charge in [0.15, 0.2) is 6.61 Å². The van der Waals surface area contributed by atoms with Crippen LogP contribution in [0.4, 0.5) is 5.69 Å². The summed E-state index contributed by atoms with van der Waals surface area (Å²) in [7, 11) is 0. The molecule has 0 saturated heterocycles. The second-order valence-corrected chi connectivity index (χ2v) is 6.32. The van der Waals surface area contributed by atoms with E-state index in [0.29, 0.717) is 27.6 Å². The van der Waals surface area contributed by atoms with E-state index in [-0.39, 0.29) is 12.2 Å². The van der Waals surface area contributed by atoms with Crippen molar-refractivity contribution in [3.8, 4) is 5.75 Å². The zero-order chi connectivity index (χ0) is 21.5. The molecule has 1 aliphatic heterocycles. The van der Waals surface area contributed by atoms with E-state index >= 15 is 0 Å². The number of rotatable bonds is 7. The minimum absolute atomic E-state index is 0.0996. The predicted molar refractivity (Wildman–Crippen MR) is 111 cm³/mol. The summed E-state index contributed by atoms with van der Waals surface area (Å²) in [5.41, 5.74) is 0.504. The molecule has 2 aromatic rings. The Balaban J connectivity index is 2.11. The summed E-state index contributed by atoms with van der Waals surface area (Å²) >= 11 is 0. The molecule has 30 heavy (non-hydrogen) atoms. The van der Waals surface area contributed by atoms with Crippen LogP contribution in [-0.2, 0) is 23.9 Å². The Morgan fingerprint density at radius 1 is 0.967 bits per heavy atom. The van der Waals surface area contributed by atoms with Gasteiger partial charge in [-0.3, -0.25) is 9.59 Å². The van der Waals surface area contributed by atoms with Crippen LogP contribution in [-0.4, -0.2) is 30.9 Å². The van der Waals surface area contributed by atoms with E-state index in [0.717, 1.165) is 0 Å². The maximum atomic E-state index is 12.7. The number of para-hydroxylation sites is 1. The maximum Gasteiger partial charge on any atom is 0.342 e. The lowest BCUT2D eigenvalue weighted by Crippen LogP contribution is -2.37. The van der Waals surface area contributed by atoms with Crippen LogP contribution in [0.3, 0.4) is 0 Å². The van der Waals surface area contributed by atoms with Gasteiger partial charge in [0.2, 0.25) is 5.78 Å². The van der Waals surface area contributed by atoms with Gasteiger partial charge in [0.25, 0.3) is 0 Å². The number of carbonyl (C=O) groups is 3. The quantitative estimate of drug-likeness (QED) is 0.551. The molecular formula is C23H21NO6. The molecule has 0 spiro atoms. The molecule has 0 unspecified atom stereocenters. The zero-order valence-electron chi connectivity index (χ0n) is 16.6. The normalized spacial score (nSPS) is 12.9. The van der Waals surface area contributed by atoms with Crippen LogP contribution >= 0.6 is 0 Å². The molecule has 3 rings (SSSR count). The number of anilines is 1. The van der Waals surface area contributed by atoms with Gasteiger partial charge in [-0.05, 0) is 31.2 Å². The van der Waals surface area contributed by atoms with Crippen molar-refractivity contribution in [2.45, 2.75) is 13.8 Å². The molecule has 0 aliphatic carbocycles. The lowest BCUT2D eigenvalue weighted by molar-refractivity contribution is -0.145. The smallest absolute Gasteiger partial charge is 0.342 e. The fourth-order valence-electron chi connectivity index (χ4n) is 2.90. The van der Waals surface area contributed by atoms with Crippen LogP contribution in [0.15, 0.2) is 60.5 Å². The topological polar surface area (TPSA) is 90.9 Å². The van der Waals surface area contributed by atoms with Crippen LogP contribution in [0.2, 0.25) is 0 Å². The molecule has 0 radical (unpaired) electrons. The highest BCUT2D eigenvalue weighted by Crippen LogP contribution is 2.16. The van der Waals surface area contributed by atoms with Crippen LogP contribution in [0.25, 0.3) is 11.6 Å². The minimum Gasteiger partial charge on any atom is -0.462 e. The third-order valence-electron chi connectivity index (χ3n) is 4.18. The van der Waals surface area contributed by atoms with Crippen LogP contribution in [0.1, 0.15) is 13.8 Å². The summed E-state index contributed by atoms with van der Waals surface area (Å²) in [4.78, 5) is 36.4. The van der Waals surface area contributed by atoms with Gasteiger partial charge < -0.3 is 19.5 Å². The number of ketones is 1. The first-order chi connectivity index (χ1) is 14.5. The molecule has 0 saturated carbocycles. The van der Waals surface area contributed by atoms with Crippen molar-refractivity contribution in [2.75, 3.05) is 18.5 Å². The monoisotopic (exact) mass is 407 g/mol. The highest BCUT2D eigenvalue weighted by Gasteiger charge is 2.23. The van der Waals surface area contributed by atoms with Crippen molar-refractivity contribution in [1.29, 1.82) is 0 Å². The number of nitrogens with one attached hydrogen (secondary N) is 1. The first kappa shape index (κ1) is 20.9. The molecule has 1 aliphatic rings. The lowest BCUT2D eigenvalue weighted by Gasteiger charge is -2.14. The average Bonchev–Trinajstić information content (AvgIpc) is 2.73. The van der Waals surface area contributed by atoms with Gasteiger partial charge in [0.1, 0.15) is 17.1 Å². The Bertz CT molecular complexity index is 1120. The summed E-state index contributed by atoms with van der Waals surface area (Å²) < 4.78 is 15.7. The molecule has 0 atom stereocenters. The number of hydrogen-bond donors (Lipinski definition) is 1. The largest absolute Gasteiger partial charge is 0.462 e. The van der Waals surface area contributed by atoms with Crippen molar-refractivity contribution >= 4 is 35.1 Å². The molecule has 1 heterocycles. The first-order valence-electron chi connectivity index (χ1n) is 9.38. The highest BCUT2D eigenvalue weighted by molar-refractivity contribution is 6.39. The van der Waals surface area contributed by atoms with E-state index in [9.17, 15) is 14.4 Å². The van der Waals surface area contributed by atoms with E-state index in [4.69, 9.17) is 14.2 Å². The third kappa shape index (κ3) is 4.94. The molecule has 0 fully saturated rings. The third-order valence-corrected chi connectivity index (χ3v) is 4.18. The number of carbonyl (C=O) groups excluding carboxylic acids is 3. The number of fused-ring (bicyclic) bond motifs is 1. The number of esters is 2. The number of allylic oxidation sites excluding steroid dienone is 1. The lowest BCUT2D eigenvalue weighted by atomic mass is 10.0. The van der Waals surface area contributed by atoms with E-state index in [2.05, 4.69) is 5.32 Å². The Morgan fingerprint density at radius 2 is 1.73 bits per heavy atom. The second-order valence-electron chi connectivity index (χ2n) is 6.32. The summed E-state index contributed by atoms with van der Waals surface area (Å²) in [6.45, 7) is 2.39. The van der Waals surface area contributed by atoms with Gasteiger partial charge in [-0.15, -0.1) is 0 Å². The van der Waals surface area contributed by atoms with Crippen LogP contribution in [0, 0.1) is 0 Å². The summed E-state index contributed by atoms with van der Waals surface area (Å²) in [6, 6.07) is 14.4. The Labute approximate surface area is 173 Å². The highest BCUT2D eigenvalue weighted by atomic mass is 16.5. The molecule has 2 aromatic carbocycles. The SMILES string of the molecule is CCOC(=O)C(C(=O)COC(C)=O)=c1cccc2c1=CC(Oc1ccccc1)=CN2. The molecule has 0 amide bonds. The van der Waals surface area contributed by atoms with Gasteiger partial charge in [0.05, 0.1) is 6.61 Å². The molecule has 154 valence electrons. The van der Waals surface area contributed by atoms with E-state index < -0.39 is 24.3 Å². The van der Waals surface area contributed by atoms with Crippen molar-refractivity contribution in [3.05, 3.63) is 70.9 Å². The number of hydrogen-bond acceptors (Lipinski definition) is 7. The fourth-order valence-corrected chi connectivity index (χ4v) is 2.90. The predicted octanol–water partition coefficient (Wildman–Crippen LogP) is 1.66. The molecule has 1 N–H and O–H groups in total. The van der Waals surface area contributed by atoms with Gasteiger partial charge in [-0.25, -0.2) is 4.79 Å². The molecular weight excluding hydrogens is 386 g/mol. The molecule has 0 aromatic heterocycles. The first-order valence-corrected chi connectivity index (χ1v) is 9.38. The average molecular weight is 407 g/mol. The number of ether oxygens (including phenoxy) is 3. The van der Waals surface area contributed by atoms with Gasteiger partial charge in [-0.1, -0.05) is 30.3 Å². The number of Topliss-reactive ketones (excluding diaryl/α,β-unsaturated/α-hetero) is 1. The van der Waals surface area contributed by atoms with Crippen LogP contribution in [0.5, 0.6) is 5.75 Å². The van der Waals surface area contributed by atoms with E-state index in [1.807, 2.05) is 36.4 Å². The summed E-state index contributed by atoms with van der Waals surface area (Å²) in [5, 5.41) is 4.06. The summed E-state index contributed by atoms with van der Waals surface area (Å²) in [5.74, 6) is -0.904. The van der Waals surface area contributed by atoms with Crippen molar-refractivity contribution in [2.24, 2.45) is 0 Å². The Morgan fingerprint density at radius 3 is 2.43 bits per heavy atom. The van der Waals surface area contributed by atoms with Gasteiger partial charge >= 0.3 is 11.9 Å².